The van der Waals surface area contributed by atoms with Crippen LogP contribution in [0.3, 0.4) is 0 Å². The summed E-state index contributed by atoms with van der Waals surface area (Å²) in [5, 5.41) is 2.76. The molecule has 0 spiro atoms. The predicted octanol–water partition coefficient (Wildman–Crippen LogP) is 2.99. The van der Waals surface area contributed by atoms with Gasteiger partial charge in [0, 0.05) is 19.2 Å². The van der Waals surface area contributed by atoms with E-state index < -0.39 is 5.82 Å². The third-order valence-electron chi connectivity index (χ3n) is 4.04. The van der Waals surface area contributed by atoms with Crippen LogP contribution < -0.4 is 15.0 Å². The molecule has 1 aromatic carbocycles. The lowest BCUT2D eigenvalue weighted by Crippen LogP contribution is -2.28. The molecule has 26 heavy (non-hydrogen) atoms. The van der Waals surface area contributed by atoms with Gasteiger partial charge in [-0.05, 0) is 38.0 Å². The Hall–Kier alpha value is -2.41. The highest BCUT2D eigenvalue weighted by Gasteiger charge is 2.15. The monoisotopic (exact) mass is 378 g/mol. The number of halogens is 2. The first-order chi connectivity index (χ1) is 12.5. The van der Waals surface area contributed by atoms with Crippen molar-refractivity contribution in [3.8, 4) is 5.88 Å². The molecule has 0 aliphatic carbocycles. The van der Waals surface area contributed by atoms with Crippen LogP contribution in [0.1, 0.15) is 29.0 Å². The van der Waals surface area contributed by atoms with E-state index in [4.69, 9.17) is 16.3 Å². The van der Waals surface area contributed by atoms with Crippen molar-refractivity contribution >= 4 is 23.3 Å². The molecule has 1 N–H and O–H groups in total. The van der Waals surface area contributed by atoms with Crippen LogP contribution in [0.15, 0.2) is 24.3 Å². The number of hydrogen-bond donors (Lipinski definition) is 1. The molecule has 1 saturated heterocycles. The first kappa shape index (κ1) is 18.4. The number of ether oxygens (including phenoxy) is 1. The van der Waals surface area contributed by atoms with Gasteiger partial charge in [-0.2, -0.15) is 4.98 Å². The van der Waals surface area contributed by atoms with Crippen molar-refractivity contribution in [2.24, 2.45) is 0 Å². The molecule has 1 aliphatic heterocycles. The minimum Gasteiger partial charge on any atom is -0.476 e. The Balaban J connectivity index is 1.52. The number of rotatable bonds is 6. The van der Waals surface area contributed by atoms with Crippen LogP contribution in [0, 0.1) is 12.7 Å². The molecule has 1 amide bonds. The Morgan fingerprint density at radius 3 is 2.81 bits per heavy atom. The molecular formula is C18H20ClFN4O2. The van der Waals surface area contributed by atoms with E-state index in [0.717, 1.165) is 37.8 Å². The fourth-order valence-corrected chi connectivity index (χ4v) is 3.05. The van der Waals surface area contributed by atoms with Crippen LogP contribution in [0.25, 0.3) is 0 Å². The molecule has 6 nitrogen and oxygen atoms in total. The van der Waals surface area contributed by atoms with Crippen LogP contribution >= 0.6 is 11.6 Å². The van der Waals surface area contributed by atoms with Crippen molar-refractivity contribution in [3.05, 3.63) is 46.5 Å². The van der Waals surface area contributed by atoms with Gasteiger partial charge in [0.15, 0.2) is 0 Å². The maximum atomic E-state index is 13.0. The number of anilines is 1. The van der Waals surface area contributed by atoms with E-state index >= 15 is 0 Å². The molecule has 1 aromatic heterocycles. The summed E-state index contributed by atoms with van der Waals surface area (Å²) in [6, 6.07) is 5.47. The molecular weight excluding hydrogens is 359 g/mol. The number of carbonyl (C=O) groups excluding carboxylic acids is 1. The van der Waals surface area contributed by atoms with Crippen molar-refractivity contribution < 1.29 is 13.9 Å². The molecule has 1 aliphatic rings. The average Bonchev–Trinajstić information content (AvgIpc) is 3.13. The third kappa shape index (κ3) is 4.60. The number of amides is 1. The summed E-state index contributed by atoms with van der Waals surface area (Å²) in [5.41, 5.74) is 0.224. The second kappa shape index (κ2) is 8.31. The Labute approximate surface area is 156 Å². The number of nitrogens with one attached hydrogen (secondary N) is 1. The first-order valence-corrected chi connectivity index (χ1v) is 8.87. The lowest BCUT2D eigenvalue weighted by atomic mass is 10.2. The van der Waals surface area contributed by atoms with E-state index in [9.17, 15) is 9.18 Å². The zero-order valence-electron chi connectivity index (χ0n) is 14.5. The lowest BCUT2D eigenvalue weighted by Gasteiger charge is -2.17. The Kier molecular flexibility index (Phi) is 5.88. The maximum absolute atomic E-state index is 13.0. The highest BCUT2D eigenvalue weighted by atomic mass is 35.5. The summed E-state index contributed by atoms with van der Waals surface area (Å²) >= 11 is 5.88. The number of aryl methyl sites for hydroxylation is 1. The smallest absolute Gasteiger partial charge is 0.252 e. The summed E-state index contributed by atoms with van der Waals surface area (Å²) in [4.78, 5) is 23.0. The molecule has 1 fully saturated rings. The van der Waals surface area contributed by atoms with E-state index in [1.54, 1.807) is 0 Å². The second-order valence-electron chi connectivity index (χ2n) is 6.03. The van der Waals surface area contributed by atoms with Crippen LogP contribution in [0.4, 0.5) is 10.2 Å². The SMILES string of the molecule is Cc1nc(OCCNC(=O)c2ccc(F)cc2Cl)cc(N2CCCC2)n1. The summed E-state index contributed by atoms with van der Waals surface area (Å²) in [6.07, 6.45) is 2.33. The molecule has 0 radical (unpaired) electrons. The molecule has 0 saturated carbocycles. The van der Waals surface area contributed by atoms with Gasteiger partial charge in [-0.25, -0.2) is 9.37 Å². The normalized spacial score (nSPS) is 13.7. The Bertz CT molecular complexity index is 797. The zero-order valence-corrected chi connectivity index (χ0v) is 15.2. The third-order valence-corrected chi connectivity index (χ3v) is 4.36. The predicted molar refractivity (Wildman–Crippen MR) is 97.5 cm³/mol. The average molecular weight is 379 g/mol. The van der Waals surface area contributed by atoms with E-state index in [0.29, 0.717) is 11.7 Å². The van der Waals surface area contributed by atoms with E-state index in [1.807, 2.05) is 13.0 Å². The van der Waals surface area contributed by atoms with Crippen molar-refractivity contribution in [2.45, 2.75) is 19.8 Å². The Morgan fingerprint density at radius 2 is 2.08 bits per heavy atom. The summed E-state index contributed by atoms with van der Waals surface area (Å²) < 4.78 is 18.7. The quantitative estimate of drug-likeness (QED) is 0.783. The van der Waals surface area contributed by atoms with Crippen LogP contribution in [0.2, 0.25) is 5.02 Å². The molecule has 3 rings (SSSR count). The van der Waals surface area contributed by atoms with E-state index in [2.05, 4.69) is 20.2 Å². The molecule has 2 aromatic rings. The lowest BCUT2D eigenvalue weighted by molar-refractivity contribution is 0.0946. The topological polar surface area (TPSA) is 67.3 Å². The van der Waals surface area contributed by atoms with Gasteiger partial charge in [0.2, 0.25) is 5.88 Å². The Morgan fingerprint density at radius 1 is 1.31 bits per heavy atom. The van der Waals surface area contributed by atoms with Crippen molar-refractivity contribution in [3.63, 3.8) is 0 Å². The largest absolute Gasteiger partial charge is 0.476 e. The van der Waals surface area contributed by atoms with Gasteiger partial charge in [-0.15, -0.1) is 0 Å². The van der Waals surface area contributed by atoms with Crippen LogP contribution in [-0.4, -0.2) is 42.1 Å². The number of hydrogen-bond acceptors (Lipinski definition) is 5. The molecule has 8 heteroatoms. The van der Waals surface area contributed by atoms with Gasteiger partial charge >= 0.3 is 0 Å². The maximum Gasteiger partial charge on any atom is 0.252 e. The second-order valence-corrected chi connectivity index (χ2v) is 6.44. The van der Waals surface area contributed by atoms with Gasteiger partial charge < -0.3 is 15.0 Å². The van der Waals surface area contributed by atoms with Gasteiger partial charge in [0.1, 0.15) is 24.1 Å². The standard InChI is InChI=1S/C18H20ClFN4O2/c1-12-22-16(24-7-2-3-8-24)11-17(23-12)26-9-6-21-18(25)14-5-4-13(20)10-15(14)19/h4-5,10-11H,2-3,6-9H2,1H3,(H,21,25). The van der Waals surface area contributed by atoms with Gasteiger partial charge in [0.05, 0.1) is 17.1 Å². The summed E-state index contributed by atoms with van der Waals surface area (Å²) in [6.45, 7) is 4.33. The minimum absolute atomic E-state index is 0.0742. The number of aromatic nitrogens is 2. The molecule has 138 valence electrons. The summed E-state index contributed by atoms with van der Waals surface area (Å²) in [7, 11) is 0. The van der Waals surface area contributed by atoms with Crippen molar-refractivity contribution in [1.29, 1.82) is 0 Å². The molecule has 2 heterocycles. The van der Waals surface area contributed by atoms with Gasteiger partial charge in [-0.1, -0.05) is 11.6 Å². The highest BCUT2D eigenvalue weighted by molar-refractivity contribution is 6.33. The van der Waals surface area contributed by atoms with Crippen molar-refractivity contribution in [1.82, 2.24) is 15.3 Å². The van der Waals surface area contributed by atoms with Crippen molar-refractivity contribution in [2.75, 3.05) is 31.1 Å². The minimum atomic E-state index is -0.483. The molecule has 0 atom stereocenters. The fourth-order valence-electron chi connectivity index (χ4n) is 2.80. The van der Waals surface area contributed by atoms with Gasteiger partial charge in [0.25, 0.3) is 5.91 Å². The molecule has 0 bridgehead atoms. The van der Waals surface area contributed by atoms with E-state index in [1.165, 1.54) is 12.1 Å². The number of nitrogens with zero attached hydrogens (tertiary/aromatic N) is 3. The highest BCUT2D eigenvalue weighted by Crippen LogP contribution is 2.21. The first-order valence-electron chi connectivity index (χ1n) is 8.49. The molecule has 0 unspecified atom stereocenters. The number of benzene rings is 1. The zero-order chi connectivity index (χ0) is 18.5. The van der Waals surface area contributed by atoms with E-state index in [-0.39, 0.29) is 29.6 Å². The van der Waals surface area contributed by atoms with Crippen LogP contribution in [-0.2, 0) is 0 Å². The summed E-state index contributed by atoms with van der Waals surface area (Å²) in [5.74, 6) is 1.13. The number of carbonyl (C=O) groups is 1. The fraction of sp³-hybridized carbons (Fsp3) is 0.389. The van der Waals surface area contributed by atoms with Crippen LogP contribution in [0.5, 0.6) is 5.88 Å². The van der Waals surface area contributed by atoms with Gasteiger partial charge in [-0.3, -0.25) is 4.79 Å².